The summed E-state index contributed by atoms with van der Waals surface area (Å²) >= 11 is 0. The summed E-state index contributed by atoms with van der Waals surface area (Å²) in [7, 11) is 0. The highest BCUT2D eigenvalue weighted by Gasteiger charge is 2.36. The van der Waals surface area contributed by atoms with Gasteiger partial charge in [-0.05, 0) is 54.3 Å². The number of aryl methyl sites for hydroxylation is 1. The molecule has 138 valence electrons. The molecule has 0 saturated carbocycles. The average Bonchev–Trinajstić information content (AvgIpc) is 2.70. The maximum atomic E-state index is 12.0. The number of aliphatic carboxylic acids is 1. The Hall–Kier alpha value is -2.72. The number of benzene rings is 2. The Balaban J connectivity index is 1.93. The molecule has 2 atom stereocenters. The van der Waals surface area contributed by atoms with E-state index in [9.17, 15) is 9.90 Å². The van der Waals surface area contributed by atoms with Gasteiger partial charge in [-0.25, -0.2) is 0 Å². The van der Waals surface area contributed by atoms with E-state index in [0.717, 1.165) is 47.0 Å². The molecule has 1 saturated heterocycles. The molecule has 0 bridgehead atoms. The number of rotatable bonds is 4. The van der Waals surface area contributed by atoms with Gasteiger partial charge in [0, 0.05) is 6.20 Å². The van der Waals surface area contributed by atoms with E-state index < -0.39 is 12.0 Å². The Labute approximate surface area is 159 Å². The Morgan fingerprint density at radius 2 is 1.93 bits per heavy atom. The van der Waals surface area contributed by atoms with Crippen LogP contribution in [0.4, 0.5) is 0 Å². The monoisotopic (exact) mass is 360 g/mol. The van der Waals surface area contributed by atoms with Crippen LogP contribution >= 0.6 is 0 Å². The molecule has 4 heteroatoms. The van der Waals surface area contributed by atoms with E-state index in [-0.39, 0.29) is 6.04 Å². The van der Waals surface area contributed by atoms with Gasteiger partial charge in [0.15, 0.2) is 0 Å². The van der Waals surface area contributed by atoms with E-state index in [2.05, 4.69) is 48.2 Å². The molecule has 0 amide bonds. The van der Waals surface area contributed by atoms with Crippen molar-refractivity contribution in [1.29, 1.82) is 0 Å². The Kier molecular flexibility index (Phi) is 4.90. The minimum atomic E-state index is -0.742. The zero-order valence-electron chi connectivity index (χ0n) is 15.5. The van der Waals surface area contributed by atoms with Crippen LogP contribution in [0.15, 0.2) is 60.8 Å². The number of carboxylic acids is 1. The van der Waals surface area contributed by atoms with E-state index in [0.29, 0.717) is 6.42 Å². The second-order valence-corrected chi connectivity index (χ2v) is 7.26. The first-order valence-corrected chi connectivity index (χ1v) is 9.54. The van der Waals surface area contributed by atoms with Crippen LogP contribution in [0.25, 0.3) is 10.8 Å². The van der Waals surface area contributed by atoms with Crippen LogP contribution in [-0.2, 0) is 4.79 Å². The van der Waals surface area contributed by atoms with Gasteiger partial charge in [-0.3, -0.25) is 14.7 Å². The Morgan fingerprint density at radius 3 is 2.74 bits per heavy atom. The molecule has 0 spiro atoms. The van der Waals surface area contributed by atoms with Crippen molar-refractivity contribution < 1.29 is 9.90 Å². The molecule has 1 N–H and O–H groups in total. The van der Waals surface area contributed by atoms with Crippen LogP contribution in [-0.4, -0.2) is 33.5 Å². The molecule has 0 radical (unpaired) electrons. The number of hydrogen-bond donors (Lipinski definition) is 1. The number of fused-ring (bicyclic) bond motifs is 1. The van der Waals surface area contributed by atoms with Gasteiger partial charge in [-0.1, -0.05) is 55.0 Å². The fourth-order valence-electron chi connectivity index (χ4n) is 4.28. The van der Waals surface area contributed by atoms with E-state index in [4.69, 9.17) is 4.98 Å². The number of aromatic nitrogens is 1. The molecule has 27 heavy (non-hydrogen) atoms. The van der Waals surface area contributed by atoms with Gasteiger partial charge < -0.3 is 5.11 Å². The van der Waals surface area contributed by atoms with Crippen molar-refractivity contribution in [3.8, 4) is 0 Å². The van der Waals surface area contributed by atoms with Gasteiger partial charge in [0.1, 0.15) is 6.04 Å². The first-order valence-electron chi connectivity index (χ1n) is 9.54. The minimum absolute atomic E-state index is 0.168. The van der Waals surface area contributed by atoms with Crippen LogP contribution < -0.4 is 0 Å². The van der Waals surface area contributed by atoms with Gasteiger partial charge in [0.25, 0.3) is 0 Å². The summed E-state index contributed by atoms with van der Waals surface area (Å²) in [6, 6.07) is 17.9. The summed E-state index contributed by atoms with van der Waals surface area (Å²) in [4.78, 5) is 18.9. The largest absolute Gasteiger partial charge is 0.480 e. The summed E-state index contributed by atoms with van der Waals surface area (Å²) < 4.78 is 0. The third kappa shape index (κ3) is 3.33. The first kappa shape index (κ1) is 17.7. The third-order valence-electron chi connectivity index (χ3n) is 5.59. The summed E-state index contributed by atoms with van der Waals surface area (Å²) in [5, 5.41) is 12.2. The van der Waals surface area contributed by atoms with Crippen molar-refractivity contribution in [1.82, 2.24) is 9.88 Å². The van der Waals surface area contributed by atoms with Gasteiger partial charge in [-0.2, -0.15) is 0 Å². The second-order valence-electron chi connectivity index (χ2n) is 7.26. The van der Waals surface area contributed by atoms with Crippen LogP contribution in [0.3, 0.4) is 0 Å². The number of pyridine rings is 1. The number of piperidine rings is 1. The second kappa shape index (κ2) is 7.49. The number of carbonyl (C=O) groups is 1. The number of carboxylic acid groups (broad SMARTS) is 1. The van der Waals surface area contributed by atoms with Crippen molar-refractivity contribution in [2.24, 2.45) is 0 Å². The molecule has 1 fully saturated rings. The molecule has 1 aliphatic heterocycles. The standard InChI is InChI=1S/C23H24N2O2/c1-16-8-7-14-24-21(16)22(25-15-5-4-13-20(25)23(26)27)19-12-6-10-17-9-2-3-11-18(17)19/h2-3,6-12,14,20,22H,4-5,13,15H2,1H3,(H,26,27). The zero-order chi connectivity index (χ0) is 18.8. The predicted molar refractivity (Wildman–Crippen MR) is 107 cm³/mol. The van der Waals surface area contributed by atoms with Crippen LogP contribution in [0, 0.1) is 6.92 Å². The van der Waals surface area contributed by atoms with Crippen LogP contribution in [0.5, 0.6) is 0 Å². The van der Waals surface area contributed by atoms with Gasteiger partial charge >= 0.3 is 5.97 Å². The van der Waals surface area contributed by atoms with Crippen molar-refractivity contribution in [2.75, 3.05) is 6.54 Å². The summed E-state index contributed by atoms with van der Waals surface area (Å²) in [5.41, 5.74) is 3.16. The molecule has 0 aliphatic carbocycles. The summed E-state index contributed by atoms with van der Waals surface area (Å²) in [6.45, 7) is 2.82. The van der Waals surface area contributed by atoms with Crippen molar-refractivity contribution in [3.05, 3.63) is 77.6 Å². The third-order valence-corrected chi connectivity index (χ3v) is 5.59. The van der Waals surface area contributed by atoms with Crippen LogP contribution in [0.1, 0.15) is 42.1 Å². The molecule has 4 rings (SSSR count). The number of nitrogens with zero attached hydrogens (tertiary/aromatic N) is 2. The Morgan fingerprint density at radius 1 is 1.11 bits per heavy atom. The molecular weight excluding hydrogens is 336 g/mol. The number of likely N-dealkylation sites (tertiary alicyclic amines) is 1. The highest BCUT2D eigenvalue weighted by Crippen LogP contribution is 2.37. The quantitative estimate of drug-likeness (QED) is 0.740. The predicted octanol–water partition coefficient (Wildman–Crippen LogP) is 4.57. The first-order chi connectivity index (χ1) is 13.2. The van der Waals surface area contributed by atoms with E-state index in [1.807, 2.05) is 18.2 Å². The molecule has 2 heterocycles. The lowest BCUT2D eigenvalue weighted by atomic mass is 9.90. The maximum Gasteiger partial charge on any atom is 0.320 e. The molecule has 4 nitrogen and oxygen atoms in total. The normalized spacial score (nSPS) is 19.1. The van der Waals surface area contributed by atoms with Crippen LogP contribution in [0.2, 0.25) is 0 Å². The molecule has 2 unspecified atom stereocenters. The fraction of sp³-hybridized carbons (Fsp3) is 0.304. The lowest BCUT2D eigenvalue weighted by molar-refractivity contribution is -0.145. The molecule has 2 aromatic carbocycles. The minimum Gasteiger partial charge on any atom is -0.480 e. The molecule has 1 aromatic heterocycles. The van der Waals surface area contributed by atoms with Gasteiger partial charge in [0.2, 0.25) is 0 Å². The van der Waals surface area contributed by atoms with E-state index in [1.54, 1.807) is 6.20 Å². The molecule has 1 aliphatic rings. The lowest BCUT2D eigenvalue weighted by Gasteiger charge is -2.40. The number of hydrogen-bond acceptors (Lipinski definition) is 3. The zero-order valence-corrected chi connectivity index (χ0v) is 15.5. The van der Waals surface area contributed by atoms with Gasteiger partial charge in [0.05, 0.1) is 11.7 Å². The van der Waals surface area contributed by atoms with Crippen molar-refractivity contribution in [3.63, 3.8) is 0 Å². The molecule has 3 aromatic rings. The topological polar surface area (TPSA) is 53.4 Å². The lowest BCUT2D eigenvalue weighted by Crippen LogP contribution is -2.47. The van der Waals surface area contributed by atoms with Gasteiger partial charge in [-0.15, -0.1) is 0 Å². The highest BCUT2D eigenvalue weighted by atomic mass is 16.4. The Bertz CT molecular complexity index is 964. The van der Waals surface area contributed by atoms with E-state index in [1.165, 1.54) is 0 Å². The summed E-state index contributed by atoms with van der Waals surface area (Å²) in [5.74, 6) is -0.742. The van der Waals surface area contributed by atoms with Crippen molar-refractivity contribution >= 4 is 16.7 Å². The molecular formula is C23H24N2O2. The van der Waals surface area contributed by atoms with Crippen molar-refractivity contribution in [2.45, 2.75) is 38.3 Å². The average molecular weight is 360 g/mol. The summed E-state index contributed by atoms with van der Waals surface area (Å²) in [6.07, 6.45) is 4.45. The SMILES string of the molecule is Cc1cccnc1C(c1cccc2ccccc12)N1CCCCC1C(=O)O. The fourth-order valence-corrected chi connectivity index (χ4v) is 4.28. The maximum absolute atomic E-state index is 12.0. The smallest absolute Gasteiger partial charge is 0.320 e. The van der Waals surface area contributed by atoms with E-state index >= 15 is 0 Å². The highest BCUT2D eigenvalue weighted by molar-refractivity contribution is 5.86.